The fourth-order valence-corrected chi connectivity index (χ4v) is 1.00. The molecule has 0 rings (SSSR count). The summed E-state index contributed by atoms with van der Waals surface area (Å²) in [7, 11) is 0. The minimum atomic E-state index is -0.197. The van der Waals surface area contributed by atoms with E-state index >= 15 is 0 Å². The summed E-state index contributed by atoms with van der Waals surface area (Å²) in [4.78, 5) is 10.4. The van der Waals surface area contributed by atoms with Gasteiger partial charge in [0, 0.05) is 12.8 Å². The van der Waals surface area contributed by atoms with E-state index in [-0.39, 0.29) is 5.97 Å². The third-order valence-corrected chi connectivity index (χ3v) is 1.73. The Balaban J connectivity index is 3.03. The number of carbonyl (C=O) groups is 1. The van der Waals surface area contributed by atoms with Crippen LogP contribution in [-0.4, -0.2) is 18.5 Å². The van der Waals surface area contributed by atoms with Gasteiger partial charge in [0.1, 0.15) is 0 Å². The van der Waals surface area contributed by atoms with Crippen molar-refractivity contribution in [1.29, 1.82) is 0 Å². The maximum Gasteiger partial charge on any atom is 0.302 e. The number of ether oxygens (including phenoxy) is 1. The van der Waals surface area contributed by atoms with Crippen LogP contribution in [0.15, 0.2) is 12.2 Å². The molecule has 13 heavy (non-hydrogen) atoms. The van der Waals surface area contributed by atoms with E-state index < -0.39 is 0 Å². The molecule has 0 bridgehead atoms. The highest BCUT2D eigenvalue weighted by atomic mass is 35.5. The van der Waals surface area contributed by atoms with E-state index in [1.54, 1.807) is 0 Å². The SMILES string of the molecule is CC(=O)OCCCCC=CCCCl. The van der Waals surface area contributed by atoms with Gasteiger partial charge in [0.2, 0.25) is 0 Å². The first kappa shape index (κ1) is 12.5. The average Bonchev–Trinajstić information content (AvgIpc) is 2.09. The standard InChI is InChI=1S/C10H17ClO2/c1-10(12)13-9-7-5-3-2-4-6-8-11/h2,4H,3,5-9H2,1H3. The van der Waals surface area contributed by atoms with Crippen molar-refractivity contribution in [2.45, 2.75) is 32.6 Å². The van der Waals surface area contributed by atoms with Gasteiger partial charge in [-0.05, 0) is 25.7 Å². The molecule has 0 N–H and O–H groups in total. The van der Waals surface area contributed by atoms with Crippen molar-refractivity contribution >= 4 is 17.6 Å². The number of allylic oxidation sites excluding steroid dienone is 2. The molecule has 0 heterocycles. The monoisotopic (exact) mass is 204 g/mol. The predicted octanol–water partition coefficient (Wildman–Crippen LogP) is 2.90. The van der Waals surface area contributed by atoms with Gasteiger partial charge in [-0.25, -0.2) is 0 Å². The Kier molecular flexibility index (Phi) is 9.22. The smallest absolute Gasteiger partial charge is 0.302 e. The summed E-state index contributed by atoms with van der Waals surface area (Å²) in [5.41, 5.74) is 0. The molecule has 0 saturated heterocycles. The van der Waals surface area contributed by atoms with E-state index in [2.05, 4.69) is 12.2 Å². The third-order valence-electron chi connectivity index (χ3n) is 1.51. The maximum absolute atomic E-state index is 10.4. The molecule has 0 saturated carbocycles. The Morgan fingerprint density at radius 1 is 1.31 bits per heavy atom. The molecule has 0 unspecified atom stereocenters. The third kappa shape index (κ3) is 11.5. The molecular weight excluding hydrogens is 188 g/mol. The van der Waals surface area contributed by atoms with E-state index in [4.69, 9.17) is 16.3 Å². The van der Waals surface area contributed by atoms with E-state index in [1.165, 1.54) is 6.92 Å². The summed E-state index contributed by atoms with van der Waals surface area (Å²) >= 11 is 5.49. The molecule has 0 amide bonds. The maximum atomic E-state index is 10.4. The van der Waals surface area contributed by atoms with Crippen LogP contribution in [0.5, 0.6) is 0 Å². The van der Waals surface area contributed by atoms with Gasteiger partial charge in [-0.1, -0.05) is 12.2 Å². The number of esters is 1. The zero-order valence-corrected chi connectivity index (χ0v) is 8.85. The summed E-state index contributed by atoms with van der Waals surface area (Å²) in [6, 6.07) is 0. The van der Waals surface area contributed by atoms with Crippen molar-refractivity contribution in [2.75, 3.05) is 12.5 Å². The topological polar surface area (TPSA) is 26.3 Å². The van der Waals surface area contributed by atoms with Crippen LogP contribution in [0.4, 0.5) is 0 Å². The molecule has 0 fully saturated rings. The van der Waals surface area contributed by atoms with Crippen LogP contribution in [0.2, 0.25) is 0 Å². The second-order valence-electron chi connectivity index (χ2n) is 2.78. The first-order chi connectivity index (χ1) is 6.27. The molecule has 0 aliphatic heterocycles. The minimum Gasteiger partial charge on any atom is -0.466 e. The van der Waals surface area contributed by atoms with E-state index in [1.807, 2.05) is 0 Å². The summed E-state index contributed by atoms with van der Waals surface area (Å²) in [5.74, 6) is 0.488. The lowest BCUT2D eigenvalue weighted by Crippen LogP contribution is -1.99. The molecule has 76 valence electrons. The molecule has 3 heteroatoms. The molecule has 2 nitrogen and oxygen atoms in total. The minimum absolute atomic E-state index is 0.197. The number of rotatable bonds is 7. The fourth-order valence-electron chi connectivity index (χ4n) is 0.879. The van der Waals surface area contributed by atoms with E-state index in [0.717, 1.165) is 25.7 Å². The Bertz CT molecular complexity index is 155. The zero-order valence-electron chi connectivity index (χ0n) is 8.09. The largest absolute Gasteiger partial charge is 0.466 e. The highest BCUT2D eigenvalue weighted by Crippen LogP contribution is 1.98. The van der Waals surface area contributed by atoms with Gasteiger partial charge in [-0.2, -0.15) is 0 Å². The van der Waals surface area contributed by atoms with Gasteiger partial charge in [-0.15, -0.1) is 11.6 Å². The lowest BCUT2D eigenvalue weighted by Gasteiger charge is -1.99. The first-order valence-electron chi connectivity index (χ1n) is 4.61. The normalized spacial score (nSPS) is 10.6. The second kappa shape index (κ2) is 9.59. The van der Waals surface area contributed by atoms with Crippen molar-refractivity contribution in [2.24, 2.45) is 0 Å². The van der Waals surface area contributed by atoms with Crippen molar-refractivity contribution in [1.82, 2.24) is 0 Å². The zero-order chi connectivity index (χ0) is 9.94. The molecule has 0 aromatic carbocycles. The van der Waals surface area contributed by atoms with Crippen molar-refractivity contribution < 1.29 is 9.53 Å². The molecule has 0 spiro atoms. The molecule has 0 aliphatic rings. The Labute approximate surface area is 84.9 Å². The van der Waals surface area contributed by atoms with Crippen LogP contribution in [0.3, 0.4) is 0 Å². The summed E-state index contributed by atoms with van der Waals surface area (Å²) < 4.78 is 4.79. The van der Waals surface area contributed by atoms with Crippen LogP contribution in [0.25, 0.3) is 0 Å². The molecule has 0 aromatic heterocycles. The van der Waals surface area contributed by atoms with Crippen molar-refractivity contribution in [3.63, 3.8) is 0 Å². The Hall–Kier alpha value is -0.500. The summed E-state index contributed by atoms with van der Waals surface area (Å²) in [5, 5.41) is 0. The van der Waals surface area contributed by atoms with E-state index in [9.17, 15) is 4.79 Å². The molecular formula is C10H17ClO2. The quantitative estimate of drug-likeness (QED) is 0.276. The lowest BCUT2D eigenvalue weighted by molar-refractivity contribution is -0.141. The molecule has 0 atom stereocenters. The highest BCUT2D eigenvalue weighted by Gasteiger charge is 1.91. The lowest BCUT2D eigenvalue weighted by atomic mass is 10.2. The van der Waals surface area contributed by atoms with Gasteiger partial charge in [0.25, 0.3) is 0 Å². The van der Waals surface area contributed by atoms with Gasteiger partial charge in [-0.3, -0.25) is 4.79 Å². The fraction of sp³-hybridized carbons (Fsp3) is 0.700. The molecule has 0 aliphatic carbocycles. The number of unbranched alkanes of at least 4 members (excludes halogenated alkanes) is 2. The Morgan fingerprint density at radius 2 is 2.00 bits per heavy atom. The number of hydrogen-bond acceptors (Lipinski definition) is 2. The van der Waals surface area contributed by atoms with Gasteiger partial charge < -0.3 is 4.74 Å². The average molecular weight is 205 g/mol. The van der Waals surface area contributed by atoms with Crippen LogP contribution in [0, 0.1) is 0 Å². The van der Waals surface area contributed by atoms with E-state index in [0.29, 0.717) is 12.5 Å². The van der Waals surface area contributed by atoms with Crippen LogP contribution in [0.1, 0.15) is 32.6 Å². The van der Waals surface area contributed by atoms with Crippen LogP contribution < -0.4 is 0 Å². The van der Waals surface area contributed by atoms with Gasteiger partial charge in [0.05, 0.1) is 6.61 Å². The Morgan fingerprint density at radius 3 is 2.62 bits per heavy atom. The predicted molar refractivity (Wildman–Crippen MR) is 55.0 cm³/mol. The van der Waals surface area contributed by atoms with Gasteiger partial charge in [0.15, 0.2) is 0 Å². The van der Waals surface area contributed by atoms with Crippen LogP contribution >= 0.6 is 11.6 Å². The first-order valence-corrected chi connectivity index (χ1v) is 5.15. The van der Waals surface area contributed by atoms with Crippen molar-refractivity contribution in [3.05, 3.63) is 12.2 Å². The summed E-state index contributed by atoms with van der Waals surface area (Å²) in [6.07, 6.45) is 8.18. The van der Waals surface area contributed by atoms with Gasteiger partial charge >= 0.3 is 5.97 Å². The molecule has 0 aromatic rings. The number of hydrogen-bond donors (Lipinski definition) is 0. The van der Waals surface area contributed by atoms with Crippen molar-refractivity contribution in [3.8, 4) is 0 Å². The molecule has 0 radical (unpaired) electrons. The number of alkyl halides is 1. The number of carbonyl (C=O) groups excluding carboxylic acids is 1. The number of halogens is 1. The van der Waals surface area contributed by atoms with Crippen LogP contribution in [-0.2, 0) is 9.53 Å². The highest BCUT2D eigenvalue weighted by molar-refractivity contribution is 6.17. The second-order valence-corrected chi connectivity index (χ2v) is 3.16. The summed E-state index contributed by atoms with van der Waals surface area (Å²) in [6.45, 7) is 1.97.